The predicted octanol–water partition coefficient (Wildman–Crippen LogP) is 5.73. The molecule has 2 aromatic rings. The summed E-state index contributed by atoms with van der Waals surface area (Å²) in [6.45, 7) is 9.01. The summed E-state index contributed by atoms with van der Waals surface area (Å²) in [5.74, 6) is -1.44. The summed E-state index contributed by atoms with van der Waals surface area (Å²) in [6.07, 6.45) is 1.56. The molecule has 0 aromatic heterocycles. The van der Waals surface area contributed by atoms with Gasteiger partial charge in [-0.2, -0.15) is 0 Å². The maximum atomic E-state index is 13.2. The van der Waals surface area contributed by atoms with E-state index in [0.717, 1.165) is 24.0 Å². The molecule has 4 nitrogen and oxygen atoms in total. The molecule has 0 bridgehead atoms. The fourth-order valence-electron chi connectivity index (χ4n) is 3.22. The molecule has 0 aliphatic heterocycles. The highest BCUT2D eigenvalue weighted by atomic mass is 16.5. The van der Waals surface area contributed by atoms with Crippen LogP contribution in [-0.2, 0) is 19.1 Å². The second kappa shape index (κ2) is 12.2. The van der Waals surface area contributed by atoms with E-state index >= 15 is 0 Å². The van der Waals surface area contributed by atoms with Gasteiger partial charge < -0.3 is 9.47 Å². The van der Waals surface area contributed by atoms with Crippen molar-refractivity contribution >= 4 is 11.9 Å². The van der Waals surface area contributed by atoms with Crippen molar-refractivity contribution in [2.45, 2.75) is 52.4 Å². The Morgan fingerprint density at radius 2 is 0.967 bits per heavy atom. The number of hydrogen-bond acceptors (Lipinski definition) is 4. The summed E-state index contributed by atoms with van der Waals surface area (Å²) in [5, 5.41) is 0. The molecule has 0 saturated heterocycles. The number of carbonyl (C=O) groups is 2. The number of rotatable bonds is 11. The van der Waals surface area contributed by atoms with Gasteiger partial charge in [-0.25, -0.2) is 0 Å². The van der Waals surface area contributed by atoms with E-state index in [1.807, 2.05) is 60.7 Å². The van der Waals surface area contributed by atoms with Crippen molar-refractivity contribution in [2.24, 2.45) is 11.8 Å². The van der Waals surface area contributed by atoms with Gasteiger partial charge in [-0.1, -0.05) is 88.4 Å². The molecule has 162 valence electrons. The highest BCUT2D eigenvalue weighted by Crippen LogP contribution is 2.35. The van der Waals surface area contributed by atoms with Gasteiger partial charge in [0.2, 0.25) is 0 Å². The van der Waals surface area contributed by atoms with Crippen LogP contribution >= 0.6 is 0 Å². The van der Waals surface area contributed by atoms with Crippen molar-refractivity contribution in [2.75, 3.05) is 13.2 Å². The molecule has 0 amide bonds. The monoisotopic (exact) mass is 410 g/mol. The summed E-state index contributed by atoms with van der Waals surface area (Å²) in [7, 11) is 0. The van der Waals surface area contributed by atoms with E-state index in [1.54, 1.807) is 0 Å². The predicted molar refractivity (Wildman–Crippen MR) is 119 cm³/mol. The standard InChI is InChI=1S/C26H34O4/c1-19(2)15-17-29-25(27)23(21-11-7-5-8-12-21)24(22-13-9-6-10-14-22)26(28)30-18-16-20(3)4/h5-14,19-20,23-24H,15-18H2,1-4H3. The maximum absolute atomic E-state index is 13.2. The molecular formula is C26H34O4. The van der Waals surface area contributed by atoms with Crippen LogP contribution in [-0.4, -0.2) is 25.2 Å². The highest BCUT2D eigenvalue weighted by Gasteiger charge is 2.38. The maximum Gasteiger partial charge on any atom is 0.314 e. The van der Waals surface area contributed by atoms with Crippen LogP contribution in [0.15, 0.2) is 60.7 Å². The number of hydrogen-bond donors (Lipinski definition) is 0. The number of ether oxygens (including phenoxy) is 2. The van der Waals surface area contributed by atoms with Crippen LogP contribution in [0.4, 0.5) is 0 Å². The van der Waals surface area contributed by atoms with Crippen molar-refractivity contribution in [3.8, 4) is 0 Å². The smallest absolute Gasteiger partial charge is 0.314 e. The first-order chi connectivity index (χ1) is 14.4. The van der Waals surface area contributed by atoms with Crippen molar-refractivity contribution < 1.29 is 19.1 Å². The van der Waals surface area contributed by atoms with E-state index in [1.165, 1.54) is 0 Å². The Morgan fingerprint density at radius 1 is 0.633 bits per heavy atom. The van der Waals surface area contributed by atoms with E-state index in [2.05, 4.69) is 27.7 Å². The Labute approximate surface area is 180 Å². The Balaban J connectivity index is 2.36. The minimum absolute atomic E-state index is 0.337. The molecule has 2 atom stereocenters. The SMILES string of the molecule is CC(C)CCOC(=O)C(c1ccccc1)C(C(=O)OCCC(C)C)c1ccccc1. The van der Waals surface area contributed by atoms with Crippen LogP contribution in [0.25, 0.3) is 0 Å². The molecule has 0 saturated carbocycles. The van der Waals surface area contributed by atoms with Crippen LogP contribution < -0.4 is 0 Å². The summed E-state index contributed by atoms with van der Waals surface area (Å²) in [4.78, 5) is 26.4. The quantitative estimate of drug-likeness (QED) is 0.444. The molecule has 0 N–H and O–H groups in total. The van der Waals surface area contributed by atoms with Gasteiger partial charge in [0.05, 0.1) is 25.0 Å². The zero-order valence-electron chi connectivity index (χ0n) is 18.5. The topological polar surface area (TPSA) is 52.6 Å². The molecule has 0 spiro atoms. The lowest BCUT2D eigenvalue weighted by Gasteiger charge is -2.25. The minimum Gasteiger partial charge on any atom is -0.465 e. The van der Waals surface area contributed by atoms with Crippen molar-refractivity contribution in [3.63, 3.8) is 0 Å². The molecule has 0 aliphatic carbocycles. The largest absolute Gasteiger partial charge is 0.465 e. The fraction of sp³-hybridized carbons (Fsp3) is 0.462. The fourth-order valence-corrected chi connectivity index (χ4v) is 3.22. The molecule has 0 heterocycles. The Kier molecular flexibility index (Phi) is 9.59. The van der Waals surface area contributed by atoms with Gasteiger partial charge in [-0.3, -0.25) is 9.59 Å². The first-order valence-electron chi connectivity index (χ1n) is 10.8. The summed E-state index contributed by atoms with van der Waals surface area (Å²) in [5.41, 5.74) is 1.50. The molecule has 2 aromatic carbocycles. The normalized spacial score (nSPS) is 13.1. The molecule has 2 unspecified atom stereocenters. The van der Waals surface area contributed by atoms with Gasteiger partial charge in [0.25, 0.3) is 0 Å². The van der Waals surface area contributed by atoms with E-state index in [0.29, 0.717) is 25.0 Å². The third-order valence-corrected chi connectivity index (χ3v) is 5.04. The first kappa shape index (κ1) is 23.7. The summed E-state index contributed by atoms with van der Waals surface area (Å²) < 4.78 is 11.2. The van der Waals surface area contributed by atoms with Gasteiger partial charge in [-0.05, 0) is 35.8 Å². The molecule has 0 aliphatic rings. The molecular weight excluding hydrogens is 376 g/mol. The van der Waals surface area contributed by atoms with Crippen LogP contribution in [0.1, 0.15) is 63.5 Å². The second-order valence-electron chi connectivity index (χ2n) is 8.48. The Bertz CT molecular complexity index is 701. The first-order valence-corrected chi connectivity index (χ1v) is 10.8. The van der Waals surface area contributed by atoms with Gasteiger partial charge >= 0.3 is 11.9 Å². The molecule has 4 heteroatoms. The van der Waals surface area contributed by atoms with Crippen molar-refractivity contribution in [3.05, 3.63) is 71.8 Å². The minimum atomic E-state index is -0.757. The highest BCUT2D eigenvalue weighted by molar-refractivity contribution is 5.90. The zero-order chi connectivity index (χ0) is 21.9. The van der Waals surface area contributed by atoms with Gasteiger partial charge in [0.15, 0.2) is 0 Å². The third kappa shape index (κ3) is 7.33. The van der Waals surface area contributed by atoms with Crippen LogP contribution in [0, 0.1) is 11.8 Å². The lowest BCUT2D eigenvalue weighted by molar-refractivity contribution is -0.154. The second-order valence-corrected chi connectivity index (χ2v) is 8.48. The summed E-state index contributed by atoms with van der Waals surface area (Å²) in [6, 6.07) is 18.7. The van der Waals surface area contributed by atoms with E-state index in [4.69, 9.17) is 9.47 Å². The molecule has 0 radical (unpaired) electrons. The average Bonchev–Trinajstić information content (AvgIpc) is 2.72. The van der Waals surface area contributed by atoms with Gasteiger partial charge in [-0.15, -0.1) is 0 Å². The van der Waals surface area contributed by atoms with Crippen LogP contribution in [0.3, 0.4) is 0 Å². The zero-order valence-corrected chi connectivity index (χ0v) is 18.5. The lowest BCUT2D eigenvalue weighted by atomic mass is 9.81. The molecule has 2 rings (SSSR count). The van der Waals surface area contributed by atoms with Crippen molar-refractivity contribution in [1.29, 1.82) is 0 Å². The lowest BCUT2D eigenvalue weighted by Crippen LogP contribution is -2.30. The Hall–Kier alpha value is -2.62. The van der Waals surface area contributed by atoms with Crippen LogP contribution in [0.5, 0.6) is 0 Å². The average molecular weight is 411 g/mol. The van der Waals surface area contributed by atoms with Crippen LogP contribution in [0.2, 0.25) is 0 Å². The van der Waals surface area contributed by atoms with Crippen molar-refractivity contribution in [1.82, 2.24) is 0 Å². The van der Waals surface area contributed by atoms with E-state index in [-0.39, 0.29) is 0 Å². The van der Waals surface area contributed by atoms with E-state index < -0.39 is 23.8 Å². The van der Waals surface area contributed by atoms with Gasteiger partial charge in [0, 0.05) is 0 Å². The summed E-state index contributed by atoms with van der Waals surface area (Å²) >= 11 is 0. The van der Waals surface area contributed by atoms with Gasteiger partial charge in [0.1, 0.15) is 0 Å². The van der Waals surface area contributed by atoms with E-state index in [9.17, 15) is 9.59 Å². The third-order valence-electron chi connectivity index (χ3n) is 5.04. The number of esters is 2. The molecule has 30 heavy (non-hydrogen) atoms. The molecule has 0 fully saturated rings. The number of carbonyl (C=O) groups excluding carboxylic acids is 2. The Morgan fingerprint density at radius 3 is 1.27 bits per heavy atom. The number of benzene rings is 2.